The molecule has 2 amide bonds. The lowest BCUT2D eigenvalue weighted by Crippen LogP contribution is -2.53. The van der Waals surface area contributed by atoms with Gasteiger partial charge in [0.15, 0.2) is 6.10 Å². The maximum atomic E-state index is 13.5. The number of cyclic esters (lactones) is 2. The van der Waals surface area contributed by atoms with Gasteiger partial charge >= 0.3 is 11.9 Å². The van der Waals surface area contributed by atoms with Crippen molar-refractivity contribution < 1.29 is 33.4 Å². The van der Waals surface area contributed by atoms with E-state index < -0.39 is 47.9 Å². The second-order valence-corrected chi connectivity index (χ2v) is 11.8. The first kappa shape index (κ1) is 35.4. The summed E-state index contributed by atoms with van der Waals surface area (Å²) in [4.78, 5) is 53.0. The van der Waals surface area contributed by atoms with Crippen LogP contribution in [-0.4, -0.2) is 55.7 Å². The molecular formula is C35H43ClN2O7. The number of hydrogen-bond donors (Lipinski definition) is 2. The summed E-state index contributed by atoms with van der Waals surface area (Å²) in [6, 6.07) is 13.8. The van der Waals surface area contributed by atoms with Crippen LogP contribution in [0.4, 0.5) is 0 Å². The van der Waals surface area contributed by atoms with E-state index in [1.165, 1.54) is 13.2 Å². The second-order valence-electron chi connectivity index (χ2n) is 11.4. The van der Waals surface area contributed by atoms with E-state index in [9.17, 15) is 19.2 Å². The maximum Gasteiger partial charge on any atom is 0.331 e. The molecule has 0 unspecified atom stereocenters. The third kappa shape index (κ3) is 10.8. The Morgan fingerprint density at radius 3 is 2.44 bits per heavy atom. The Labute approximate surface area is 270 Å². The zero-order chi connectivity index (χ0) is 32.9. The molecule has 1 aliphatic heterocycles. The zero-order valence-corrected chi connectivity index (χ0v) is 27.2. The number of methoxy groups -OCH3 is 1. The SMILES string of the molecule is CC[C@H](C)[C@@H]1OC(=O)/C=C/C[C@@H]([C@H](C)/C=C/c2ccccc2)OC(=O)[C@H](C)CNC(=O)[C@@H](Cc2ccc(OC)c(Cl)c2)NC1=O. The van der Waals surface area contributed by atoms with Crippen LogP contribution in [0.25, 0.3) is 6.08 Å². The van der Waals surface area contributed by atoms with Crippen molar-refractivity contribution in [3.8, 4) is 5.75 Å². The summed E-state index contributed by atoms with van der Waals surface area (Å²) in [5.74, 6) is -3.04. The van der Waals surface area contributed by atoms with E-state index in [2.05, 4.69) is 10.6 Å². The third-order valence-electron chi connectivity index (χ3n) is 7.80. The minimum absolute atomic E-state index is 0.00597. The fourth-order valence-electron chi connectivity index (χ4n) is 4.69. The number of carbonyl (C=O) groups is 4. The molecule has 2 N–H and O–H groups in total. The van der Waals surface area contributed by atoms with Crippen molar-refractivity contribution >= 4 is 41.4 Å². The Morgan fingerprint density at radius 1 is 1.04 bits per heavy atom. The van der Waals surface area contributed by atoms with E-state index in [-0.39, 0.29) is 31.2 Å². The predicted octanol–water partition coefficient (Wildman–Crippen LogP) is 5.31. The van der Waals surface area contributed by atoms with Crippen LogP contribution in [0.5, 0.6) is 5.75 Å². The number of esters is 2. The van der Waals surface area contributed by atoms with Crippen LogP contribution in [0.3, 0.4) is 0 Å². The first-order valence-electron chi connectivity index (χ1n) is 15.2. The topological polar surface area (TPSA) is 120 Å². The summed E-state index contributed by atoms with van der Waals surface area (Å²) in [6.45, 7) is 7.27. The van der Waals surface area contributed by atoms with Crippen LogP contribution < -0.4 is 15.4 Å². The smallest absolute Gasteiger partial charge is 0.331 e. The lowest BCUT2D eigenvalue weighted by molar-refractivity contribution is -0.155. The Morgan fingerprint density at radius 2 is 1.78 bits per heavy atom. The normalized spacial score (nSPS) is 24.1. The molecular weight excluding hydrogens is 596 g/mol. The number of rotatable bonds is 8. The van der Waals surface area contributed by atoms with Crippen LogP contribution in [0, 0.1) is 17.8 Å². The summed E-state index contributed by atoms with van der Waals surface area (Å²) < 4.78 is 16.7. The van der Waals surface area contributed by atoms with Crippen LogP contribution >= 0.6 is 11.6 Å². The van der Waals surface area contributed by atoms with Crippen molar-refractivity contribution in [3.63, 3.8) is 0 Å². The average Bonchev–Trinajstić information content (AvgIpc) is 3.03. The number of carbonyl (C=O) groups excluding carboxylic acids is 4. The van der Waals surface area contributed by atoms with Gasteiger partial charge in [-0.1, -0.05) is 93.9 Å². The lowest BCUT2D eigenvalue weighted by atomic mass is 9.98. The van der Waals surface area contributed by atoms with Crippen molar-refractivity contribution in [1.82, 2.24) is 10.6 Å². The van der Waals surface area contributed by atoms with Gasteiger partial charge in [-0.2, -0.15) is 0 Å². The van der Waals surface area contributed by atoms with Gasteiger partial charge in [-0.25, -0.2) is 4.79 Å². The Hall–Kier alpha value is -4.11. The van der Waals surface area contributed by atoms with Crippen molar-refractivity contribution in [3.05, 3.63) is 82.9 Å². The van der Waals surface area contributed by atoms with E-state index in [0.717, 1.165) is 5.56 Å². The summed E-state index contributed by atoms with van der Waals surface area (Å²) in [5.41, 5.74) is 1.67. The molecule has 0 spiro atoms. The molecule has 6 atom stereocenters. The Balaban J connectivity index is 1.89. The van der Waals surface area contributed by atoms with Crippen LogP contribution in [0.15, 0.2) is 66.8 Å². The molecule has 0 saturated heterocycles. The van der Waals surface area contributed by atoms with Gasteiger partial charge in [0, 0.05) is 37.3 Å². The quantitative estimate of drug-likeness (QED) is 0.376. The molecule has 0 aliphatic carbocycles. The highest BCUT2D eigenvalue weighted by molar-refractivity contribution is 6.32. The summed E-state index contributed by atoms with van der Waals surface area (Å²) >= 11 is 6.31. The fourth-order valence-corrected chi connectivity index (χ4v) is 4.97. The molecule has 10 heteroatoms. The van der Waals surface area contributed by atoms with Gasteiger partial charge in [-0.3, -0.25) is 14.4 Å². The van der Waals surface area contributed by atoms with Crippen LogP contribution in [-0.2, 0) is 35.1 Å². The first-order chi connectivity index (χ1) is 21.5. The number of benzene rings is 2. The molecule has 0 radical (unpaired) electrons. The van der Waals surface area contributed by atoms with Crippen molar-refractivity contribution in [1.29, 1.82) is 0 Å². The van der Waals surface area contributed by atoms with E-state index in [1.807, 2.05) is 56.3 Å². The molecule has 3 rings (SSSR count). The predicted molar refractivity (Wildman–Crippen MR) is 173 cm³/mol. The van der Waals surface area contributed by atoms with Gasteiger partial charge in [0.05, 0.1) is 18.1 Å². The van der Waals surface area contributed by atoms with Crippen LogP contribution in [0.2, 0.25) is 5.02 Å². The Kier molecular flexibility index (Phi) is 13.7. The minimum atomic E-state index is -1.13. The van der Waals surface area contributed by atoms with E-state index >= 15 is 0 Å². The second kappa shape index (κ2) is 17.4. The van der Waals surface area contributed by atoms with Gasteiger partial charge in [-0.15, -0.1) is 0 Å². The van der Waals surface area contributed by atoms with Gasteiger partial charge in [0.2, 0.25) is 5.91 Å². The lowest BCUT2D eigenvalue weighted by Gasteiger charge is -2.26. The molecule has 45 heavy (non-hydrogen) atoms. The number of ether oxygens (including phenoxy) is 3. The molecule has 0 bridgehead atoms. The summed E-state index contributed by atoms with van der Waals surface area (Å²) in [7, 11) is 1.50. The first-order valence-corrected chi connectivity index (χ1v) is 15.6. The summed E-state index contributed by atoms with van der Waals surface area (Å²) in [6.07, 6.45) is 5.91. The molecule has 9 nitrogen and oxygen atoms in total. The highest BCUT2D eigenvalue weighted by Gasteiger charge is 2.32. The third-order valence-corrected chi connectivity index (χ3v) is 8.10. The molecule has 1 heterocycles. The average molecular weight is 639 g/mol. The molecule has 2 aromatic rings. The summed E-state index contributed by atoms with van der Waals surface area (Å²) in [5, 5.41) is 5.89. The molecule has 0 saturated carbocycles. The molecule has 0 fully saturated rings. The number of halogens is 1. The van der Waals surface area contributed by atoms with Gasteiger partial charge in [0.1, 0.15) is 17.9 Å². The highest BCUT2D eigenvalue weighted by atomic mass is 35.5. The standard InChI is InChI=1S/C35H43ClN2O7/c1-6-22(2)32-34(41)38-28(20-26-17-18-30(43-5)27(36)19-26)33(40)37-21-24(4)35(42)44-29(13-10-14-31(39)45-32)23(3)15-16-25-11-8-7-9-12-25/h7-12,14-19,22-24,28-29,32H,6,13,20-21H2,1-5H3,(H,37,40)(H,38,41)/b14-10+,16-15+/t22-,23+,24+,28+,29-,32-/m0/s1. The monoisotopic (exact) mass is 638 g/mol. The van der Waals surface area contributed by atoms with Crippen molar-refractivity contribution in [2.75, 3.05) is 13.7 Å². The van der Waals surface area contributed by atoms with Gasteiger partial charge < -0.3 is 24.8 Å². The number of hydrogen-bond acceptors (Lipinski definition) is 7. The number of nitrogens with one attached hydrogen (secondary N) is 2. The molecule has 1 aliphatic rings. The van der Waals surface area contributed by atoms with Gasteiger partial charge in [0.25, 0.3) is 5.91 Å². The maximum absolute atomic E-state index is 13.5. The zero-order valence-electron chi connectivity index (χ0n) is 26.5. The number of amides is 2. The fraction of sp³-hybridized carbons (Fsp3) is 0.429. The van der Waals surface area contributed by atoms with Crippen LogP contribution in [0.1, 0.15) is 51.7 Å². The molecule has 0 aromatic heterocycles. The van der Waals surface area contributed by atoms with Crippen molar-refractivity contribution in [2.24, 2.45) is 17.8 Å². The van der Waals surface area contributed by atoms with E-state index in [1.54, 1.807) is 38.1 Å². The van der Waals surface area contributed by atoms with Gasteiger partial charge in [-0.05, 0) is 29.7 Å². The van der Waals surface area contributed by atoms with E-state index in [4.69, 9.17) is 25.8 Å². The van der Waals surface area contributed by atoms with E-state index in [0.29, 0.717) is 22.8 Å². The Bertz CT molecular complexity index is 1380. The minimum Gasteiger partial charge on any atom is -0.495 e. The largest absolute Gasteiger partial charge is 0.495 e. The molecule has 2 aromatic carbocycles. The molecule has 242 valence electrons. The highest BCUT2D eigenvalue weighted by Crippen LogP contribution is 2.26. The van der Waals surface area contributed by atoms with Crippen molar-refractivity contribution in [2.45, 2.75) is 65.2 Å².